The maximum atomic E-state index is 10.7. The zero-order valence-electron chi connectivity index (χ0n) is 8.04. The highest BCUT2D eigenvalue weighted by atomic mass is 16.6. The first-order chi connectivity index (χ1) is 7.00. The van der Waals surface area contributed by atoms with Crippen LogP contribution in [0.5, 0.6) is 5.75 Å². The molecule has 0 aromatic heterocycles. The molecule has 0 fully saturated rings. The largest absolute Gasteiger partial charge is 0.481 e. The number of rotatable bonds is 4. The van der Waals surface area contributed by atoms with Crippen LogP contribution in [0.2, 0.25) is 0 Å². The summed E-state index contributed by atoms with van der Waals surface area (Å²) in [6.45, 7) is 1.50. The summed E-state index contributed by atoms with van der Waals surface area (Å²) in [7, 11) is 0. The minimum atomic E-state index is -0.758. The number of carbonyl (C=O) groups is 1. The van der Waals surface area contributed by atoms with Gasteiger partial charge in [0.1, 0.15) is 5.75 Å². The molecule has 6 heteroatoms. The average molecular weight is 210 g/mol. The lowest BCUT2D eigenvalue weighted by Gasteiger charge is -2.10. The molecule has 1 aromatic rings. The Balaban J connectivity index is 2.72. The molecular weight excluding hydrogens is 200 g/mol. The van der Waals surface area contributed by atoms with E-state index in [4.69, 9.17) is 10.5 Å². The van der Waals surface area contributed by atoms with Crippen molar-refractivity contribution in [3.05, 3.63) is 34.4 Å². The van der Waals surface area contributed by atoms with Gasteiger partial charge in [0, 0.05) is 12.1 Å². The summed E-state index contributed by atoms with van der Waals surface area (Å²) in [6, 6.07) is 5.42. The summed E-state index contributed by atoms with van der Waals surface area (Å²) in [5.74, 6) is -0.222. The predicted molar refractivity (Wildman–Crippen MR) is 52.4 cm³/mol. The molecule has 0 aliphatic rings. The molecule has 80 valence electrons. The lowest BCUT2D eigenvalue weighted by molar-refractivity contribution is -0.384. The van der Waals surface area contributed by atoms with E-state index in [1.807, 2.05) is 0 Å². The van der Waals surface area contributed by atoms with Gasteiger partial charge in [-0.05, 0) is 19.1 Å². The van der Waals surface area contributed by atoms with Crippen molar-refractivity contribution in [2.75, 3.05) is 0 Å². The van der Waals surface area contributed by atoms with E-state index in [1.54, 1.807) is 0 Å². The third-order valence-corrected chi connectivity index (χ3v) is 1.76. The van der Waals surface area contributed by atoms with E-state index >= 15 is 0 Å². The van der Waals surface area contributed by atoms with E-state index < -0.39 is 16.9 Å². The molecule has 1 amide bonds. The molecule has 0 spiro atoms. The van der Waals surface area contributed by atoms with Gasteiger partial charge in [0.25, 0.3) is 11.6 Å². The van der Waals surface area contributed by atoms with E-state index in [1.165, 1.54) is 31.2 Å². The van der Waals surface area contributed by atoms with Gasteiger partial charge in [-0.15, -0.1) is 0 Å². The molecule has 1 aromatic carbocycles. The fourth-order valence-corrected chi connectivity index (χ4v) is 0.909. The van der Waals surface area contributed by atoms with Crippen LogP contribution < -0.4 is 10.5 Å². The Bertz CT molecular complexity index is 374. The van der Waals surface area contributed by atoms with Gasteiger partial charge in [-0.2, -0.15) is 0 Å². The van der Waals surface area contributed by atoms with Crippen molar-refractivity contribution < 1.29 is 14.5 Å². The van der Waals surface area contributed by atoms with Crippen LogP contribution in [0, 0.1) is 10.1 Å². The zero-order chi connectivity index (χ0) is 11.4. The molecule has 1 rings (SSSR count). The molecule has 6 nitrogen and oxygen atoms in total. The van der Waals surface area contributed by atoms with Crippen molar-refractivity contribution in [2.45, 2.75) is 13.0 Å². The van der Waals surface area contributed by atoms with Crippen molar-refractivity contribution >= 4 is 11.6 Å². The van der Waals surface area contributed by atoms with Crippen molar-refractivity contribution in [3.8, 4) is 5.75 Å². The van der Waals surface area contributed by atoms with Crippen LogP contribution in [0.1, 0.15) is 6.92 Å². The lowest BCUT2D eigenvalue weighted by Crippen LogP contribution is -2.30. The Hall–Kier alpha value is -2.11. The molecule has 0 unspecified atom stereocenters. The van der Waals surface area contributed by atoms with Gasteiger partial charge in [0.15, 0.2) is 6.10 Å². The normalized spacial score (nSPS) is 11.8. The Morgan fingerprint density at radius 1 is 1.47 bits per heavy atom. The van der Waals surface area contributed by atoms with Crippen molar-refractivity contribution in [1.82, 2.24) is 0 Å². The summed E-state index contributed by atoms with van der Waals surface area (Å²) >= 11 is 0. The summed E-state index contributed by atoms with van der Waals surface area (Å²) in [5, 5.41) is 10.3. The number of nitro groups is 1. The maximum absolute atomic E-state index is 10.7. The molecule has 0 aliphatic carbocycles. The number of non-ortho nitro benzene ring substituents is 1. The first-order valence-corrected chi connectivity index (χ1v) is 4.21. The van der Waals surface area contributed by atoms with Crippen LogP contribution in [0.3, 0.4) is 0 Å². The zero-order valence-corrected chi connectivity index (χ0v) is 8.04. The van der Waals surface area contributed by atoms with Gasteiger partial charge < -0.3 is 10.5 Å². The summed E-state index contributed by atoms with van der Waals surface area (Å²) < 4.78 is 5.11. The van der Waals surface area contributed by atoms with Crippen molar-refractivity contribution in [3.63, 3.8) is 0 Å². The van der Waals surface area contributed by atoms with Crippen LogP contribution >= 0.6 is 0 Å². The number of nitro benzene ring substituents is 1. The topological polar surface area (TPSA) is 95.5 Å². The smallest absolute Gasteiger partial charge is 0.269 e. The van der Waals surface area contributed by atoms with Crippen LogP contribution in [0.15, 0.2) is 24.3 Å². The van der Waals surface area contributed by atoms with E-state index in [0.29, 0.717) is 5.75 Å². The number of nitrogens with zero attached hydrogens (tertiary/aromatic N) is 1. The molecule has 0 bridgehead atoms. The van der Waals surface area contributed by atoms with Gasteiger partial charge in [-0.1, -0.05) is 0 Å². The predicted octanol–water partition coefficient (Wildman–Crippen LogP) is 0.847. The van der Waals surface area contributed by atoms with E-state index in [0.717, 1.165) is 0 Å². The average Bonchev–Trinajstić information content (AvgIpc) is 2.18. The van der Waals surface area contributed by atoms with Crippen LogP contribution in [0.25, 0.3) is 0 Å². The first kappa shape index (κ1) is 11.0. The van der Waals surface area contributed by atoms with Crippen molar-refractivity contribution in [1.29, 1.82) is 0 Å². The number of amides is 1. The summed E-state index contributed by atoms with van der Waals surface area (Å²) in [5.41, 5.74) is 4.96. The minimum Gasteiger partial charge on any atom is -0.481 e. The fourth-order valence-electron chi connectivity index (χ4n) is 0.909. The van der Waals surface area contributed by atoms with Crippen LogP contribution in [-0.2, 0) is 4.79 Å². The molecule has 1 atom stereocenters. The summed E-state index contributed by atoms with van der Waals surface area (Å²) in [4.78, 5) is 20.5. The number of benzene rings is 1. The van der Waals surface area contributed by atoms with Crippen molar-refractivity contribution in [2.24, 2.45) is 5.73 Å². The maximum Gasteiger partial charge on any atom is 0.269 e. The number of carbonyl (C=O) groups excluding carboxylic acids is 1. The number of primary amides is 1. The molecule has 0 heterocycles. The van der Waals surface area contributed by atoms with E-state index in [-0.39, 0.29) is 5.69 Å². The third kappa shape index (κ3) is 2.94. The Morgan fingerprint density at radius 2 is 2.00 bits per heavy atom. The van der Waals surface area contributed by atoms with Gasteiger partial charge in [0.2, 0.25) is 0 Å². The highest BCUT2D eigenvalue weighted by Gasteiger charge is 2.11. The third-order valence-electron chi connectivity index (χ3n) is 1.76. The molecule has 0 radical (unpaired) electrons. The number of hydrogen-bond donors (Lipinski definition) is 1. The second-order valence-electron chi connectivity index (χ2n) is 2.91. The monoisotopic (exact) mass is 210 g/mol. The molecular formula is C9H10N2O4. The number of ether oxygens (including phenoxy) is 1. The molecule has 2 N–H and O–H groups in total. The Labute approximate surface area is 85.8 Å². The van der Waals surface area contributed by atoms with Gasteiger partial charge >= 0.3 is 0 Å². The minimum absolute atomic E-state index is 0.0333. The fraction of sp³-hybridized carbons (Fsp3) is 0.222. The quantitative estimate of drug-likeness (QED) is 0.588. The van der Waals surface area contributed by atoms with Gasteiger partial charge in [0.05, 0.1) is 4.92 Å². The molecule has 0 aliphatic heterocycles. The molecule has 0 saturated carbocycles. The van der Waals surface area contributed by atoms with Gasteiger partial charge in [-0.25, -0.2) is 0 Å². The molecule has 15 heavy (non-hydrogen) atoms. The first-order valence-electron chi connectivity index (χ1n) is 4.21. The van der Waals surface area contributed by atoms with E-state index in [9.17, 15) is 14.9 Å². The number of hydrogen-bond acceptors (Lipinski definition) is 4. The second-order valence-corrected chi connectivity index (χ2v) is 2.91. The second kappa shape index (κ2) is 4.41. The van der Waals surface area contributed by atoms with Crippen LogP contribution in [-0.4, -0.2) is 16.9 Å². The Morgan fingerprint density at radius 3 is 2.40 bits per heavy atom. The lowest BCUT2D eigenvalue weighted by atomic mass is 10.3. The Kier molecular flexibility index (Phi) is 3.22. The SMILES string of the molecule is C[C@@H](Oc1ccc([N+](=O)[O-])cc1)C(N)=O. The van der Waals surface area contributed by atoms with Gasteiger partial charge in [-0.3, -0.25) is 14.9 Å². The highest BCUT2D eigenvalue weighted by molar-refractivity contribution is 5.78. The highest BCUT2D eigenvalue weighted by Crippen LogP contribution is 2.18. The molecule has 0 saturated heterocycles. The number of nitrogens with two attached hydrogens (primary N) is 1. The van der Waals surface area contributed by atoms with Crippen LogP contribution in [0.4, 0.5) is 5.69 Å². The van der Waals surface area contributed by atoms with E-state index in [2.05, 4.69) is 0 Å². The standard InChI is InChI=1S/C9H10N2O4/c1-6(9(10)12)15-8-4-2-7(3-5-8)11(13)14/h2-6H,1H3,(H2,10,12)/t6-/m1/s1. The summed E-state index contributed by atoms with van der Waals surface area (Å²) in [6.07, 6.45) is -0.758.